The normalized spacial score (nSPS) is 11.7. The second-order valence-corrected chi connectivity index (χ2v) is 3.73. The summed E-state index contributed by atoms with van der Waals surface area (Å²) in [5, 5.41) is 13.5. The minimum Gasteiger partial charge on any atom is -0.353 e. The molecular weight excluding hydrogens is 224 g/mol. The van der Waals surface area contributed by atoms with Crippen LogP contribution in [0, 0.1) is 10.1 Å². The van der Waals surface area contributed by atoms with Crippen molar-refractivity contribution in [3.63, 3.8) is 0 Å². The number of rotatable bonds is 4. The fourth-order valence-electron chi connectivity index (χ4n) is 1.31. The Morgan fingerprint density at radius 2 is 2.24 bits per heavy atom. The average molecular weight is 238 g/mol. The first-order valence-electron chi connectivity index (χ1n) is 5.00. The Morgan fingerprint density at radius 1 is 1.59 bits per heavy atom. The summed E-state index contributed by atoms with van der Waals surface area (Å²) in [6, 6.07) is 2.24. The molecule has 1 N–H and O–H groups in total. The van der Waals surface area contributed by atoms with Crippen molar-refractivity contribution >= 4 is 17.4 Å². The Morgan fingerprint density at radius 3 is 2.76 bits per heavy atom. The standard InChI is InChI=1S/C10H14N4O3/c1-7(10(15)13(2)3)12-9-8(14(16)17)5-4-6-11-9/h4-7H,1-3H3,(H,11,12)/t7-/m0/s1. The largest absolute Gasteiger partial charge is 0.353 e. The van der Waals surface area contributed by atoms with E-state index in [4.69, 9.17) is 0 Å². The number of pyridine rings is 1. The molecule has 0 aliphatic heterocycles. The lowest BCUT2D eigenvalue weighted by Crippen LogP contribution is -2.37. The molecule has 0 unspecified atom stereocenters. The van der Waals surface area contributed by atoms with Crippen LogP contribution in [0.3, 0.4) is 0 Å². The third kappa shape index (κ3) is 3.13. The van der Waals surface area contributed by atoms with Crippen LogP contribution in [0.4, 0.5) is 11.5 Å². The van der Waals surface area contributed by atoms with Crippen molar-refractivity contribution in [3.05, 3.63) is 28.4 Å². The van der Waals surface area contributed by atoms with E-state index < -0.39 is 11.0 Å². The highest BCUT2D eigenvalue weighted by molar-refractivity contribution is 5.84. The number of aromatic nitrogens is 1. The van der Waals surface area contributed by atoms with Gasteiger partial charge in [-0.1, -0.05) is 0 Å². The lowest BCUT2D eigenvalue weighted by atomic mass is 10.3. The van der Waals surface area contributed by atoms with Gasteiger partial charge < -0.3 is 10.2 Å². The van der Waals surface area contributed by atoms with E-state index in [1.165, 1.54) is 23.2 Å². The van der Waals surface area contributed by atoms with Gasteiger partial charge in [0.15, 0.2) is 0 Å². The van der Waals surface area contributed by atoms with Crippen molar-refractivity contribution in [2.75, 3.05) is 19.4 Å². The number of hydrogen-bond donors (Lipinski definition) is 1. The highest BCUT2D eigenvalue weighted by Crippen LogP contribution is 2.21. The highest BCUT2D eigenvalue weighted by Gasteiger charge is 2.20. The molecule has 0 aliphatic carbocycles. The van der Waals surface area contributed by atoms with Gasteiger partial charge in [-0.05, 0) is 13.0 Å². The van der Waals surface area contributed by atoms with E-state index in [9.17, 15) is 14.9 Å². The molecule has 0 aromatic carbocycles. The zero-order valence-corrected chi connectivity index (χ0v) is 9.88. The van der Waals surface area contributed by atoms with Gasteiger partial charge in [0.25, 0.3) is 0 Å². The third-order valence-electron chi connectivity index (χ3n) is 2.15. The minimum absolute atomic E-state index is 0.0974. The maximum Gasteiger partial charge on any atom is 0.311 e. The summed E-state index contributed by atoms with van der Waals surface area (Å²) >= 11 is 0. The average Bonchev–Trinajstić information content (AvgIpc) is 2.28. The highest BCUT2D eigenvalue weighted by atomic mass is 16.6. The Labute approximate surface area is 98.6 Å². The van der Waals surface area contributed by atoms with Crippen molar-refractivity contribution in [3.8, 4) is 0 Å². The lowest BCUT2D eigenvalue weighted by Gasteiger charge is -2.18. The molecule has 0 saturated carbocycles. The van der Waals surface area contributed by atoms with Crippen molar-refractivity contribution in [1.29, 1.82) is 0 Å². The summed E-state index contributed by atoms with van der Waals surface area (Å²) in [6.45, 7) is 1.63. The quantitative estimate of drug-likeness (QED) is 0.621. The van der Waals surface area contributed by atoms with E-state index >= 15 is 0 Å². The number of hydrogen-bond acceptors (Lipinski definition) is 5. The summed E-state index contributed by atoms with van der Waals surface area (Å²) in [5.74, 6) is -0.0786. The van der Waals surface area contributed by atoms with Crippen LogP contribution < -0.4 is 5.32 Å². The van der Waals surface area contributed by atoms with Crippen molar-refractivity contribution in [1.82, 2.24) is 9.88 Å². The van der Waals surface area contributed by atoms with E-state index in [1.807, 2.05) is 0 Å². The first-order chi connectivity index (χ1) is 7.93. The maximum absolute atomic E-state index is 11.6. The van der Waals surface area contributed by atoms with Gasteiger partial charge in [-0.3, -0.25) is 14.9 Å². The Bertz CT molecular complexity index is 433. The van der Waals surface area contributed by atoms with Crippen LogP contribution in [0.1, 0.15) is 6.92 Å². The molecule has 0 fully saturated rings. The van der Waals surface area contributed by atoms with Crippen LogP contribution in [0.15, 0.2) is 18.3 Å². The fraction of sp³-hybridized carbons (Fsp3) is 0.400. The van der Waals surface area contributed by atoms with Crippen LogP contribution >= 0.6 is 0 Å². The molecule has 1 atom stereocenters. The zero-order valence-electron chi connectivity index (χ0n) is 9.88. The Balaban J connectivity index is 2.88. The minimum atomic E-state index is -0.571. The first kappa shape index (κ1) is 12.9. The first-order valence-corrected chi connectivity index (χ1v) is 5.00. The molecule has 1 rings (SSSR count). The maximum atomic E-state index is 11.6. The van der Waals surface area contributed by atoms with Crippen LogP contribution in [-0.2, 0) is 4.79 Å². The number of anilines is 1. The Kier molecular flexibility index (Phi) is 3.97. The third-order valence-corrected chi connectivity index (χ3v) is 2.15. The van der Waals surface area contributed by atoms with Crippen molar-refractivity contribution in [2.24, 2.45) is 0 Å². The molecule has 1 aromatic rings. The van der Waals surface area contributed by atoms with Crippen LogP contribution in [-0.4, -0.2) is 40.9 Å². The molecule has 0 spiro atoms. The van der Waals surface area contributed by atoms with E-state index in [1.54, 1.807) is 21.0 Å². The van der Waals surface area contributed by atoms with Crippen LogP contribution in [0.5, 0.6) is 0 Å². The fourth-order valence-corrected chi connectivity index (χ4v) is 1.31. The van der Waals surface area contributed by atoms with E-state index in [0.717, 1.165) is 0 Å². The van der Waals surface area contributed by atoms with E-state index in [-0.39, 0.29) is 17.4 Å². The number of amides is 1. The van der Waals surface area contributed by atoms with Crippen molar-refractivity contribution < 1.29 is 9.72 Å². The molecule has 7 nitrogen and oxygen atoms in total. The van der Waals surface area contributed by atoms with Gasteiger partial charge >= 0.3 is 5.69 Å². The van der Waals surface area contributed by atoms with Gasteiger partial charge in [0.1, 0.15) is 6.04 Å². The molecule has 1 heterocycles. The number of nitro groups is 1. The summed E-state index contributed by atoms with van der Waals surface area (Å²) in [5.41, 5.74) is -0.147. The van der Waals surface area contributed by atoms with E-state index in [0.29, 0.717) is 0 Å². The summed E-state index contributed by atoms with van der Waals surface area (Å²) in [4.78, 5) is 27.1. The molecule has 0 bridgehead atoms. The van der Waals surface area contributed by atoms with Gasteiger partial charge in [-0.25, -0.2) is 4.98 Å². The molecule has 7 heteroatoms. The lowest BCUT2D eigenvalue weighted by molar-refractivity contribution is -0.384. The molecular formula is C10H14N4O3. The molecule has 0 saturated heterocycles. The van der Waals surface area contributed by atoms with E-state index in [2.05, 4.69) is 10.3 Å². The SMILES string of the molecule is C[C@H](Nc1ncccc1[N+](=O)[O-])C(=O)N(C)C. The van der Waals surface area contributed by atoms with Gasteiger partial charge in [-0.15, -0.1) is 0 Å². The summed E-state index contributed by atoms with van der Waals surface area (Å²) in [7, 11) is 3.24. The molecule has 0 aliphatic rings. The Hall–Kier alpha value is -2.18. The number of likely N-dealkylation sites (N-methyl/N-ethyl adjacent to an activating group) is 1. The summed E-state index contributed by atoms with van der Waals surface area (Å²) in [6.07, 6.45) is 1.43. The zero-order chi connectivity index (χ0) is 13.0. The van der Waals surface area contributed by atoms with Gasteiger partial charge in [0, 0.05) is 26.4 Å². The number of carbonyl (C=O) groups excluding carboxylic acids is 1. The molecule has 17 heavy (non-hydrogen) atoms. The smallest absolute Gasteiger partial charge is 0.311 e. The predicted molar refractivity (Wildman–Crippen MR) is 62.7 cm³/mol. The number of nitrogens with one attached hydrogen (secondary N) is 1. The molecule has 1 amide bonds. The predicted octanol–water partition coefficient (Wildman–Crippen LogP) is 0.878. The number of carbonyl (C=O) groups is 1. The molecule has 1 aromatic heterocycles. The molecule has 92 valence electrons. The van der Waals surface area contributed by atoms with Crippen LogP contribution in [0.25, 0.3) is 0 Å². The molecule has 0 radical (unpaired) electrons. The van der Waals surface area contributed by atoms with Crippen LogP contribution in [0.2, 0.25) is 0 Å². The number of nitrogens with zero attached hydrogens (tertiary/aromatic N) is 3. The van der Waals surface area contributed by atoms with Crippen molar-refractivity contribution in [2.45, 2.75) is 13.0 Å². The topological polar surface area (TPSA) is 88.4 Å². The van der Waals surface area contributed by atoms with Gasteiger partial charge in [0.05, 0.1) is 4.92 Å². The summed E-state index contributed by atoms with van der Waals surface area (Å²) < 4.78 is 0. The monoisotopic (exact) mass is 238 g/mol. The van der Waals surface area contributed by atoms with Gasteiger partial charge in [0.2, 0.25) is 11.7 Å². The second kappa shape index (κ2) is 5.24. The second-order valence-electron chi connectivity index (χ2n) is 3.73. The van der Waals surface area contributed by atoms with Gasteiger partial charge in [-0.2, -0.15) is 0 Å².